The van der Waals surface area contributed by atoms with Gasteiger partial charge in [-0.25, -0.2) is 4.79 Å². The van der Waals surface area contributed by atoms with Gasteiger partial charge in [0.05, 0.1) is 6.61 Å². The number of rotatable bonds is 4. The highest BCUT2D eigenvalue weighted by Crippen LogP contribution is 2.15. The summed E-state index contributed by atoms with van der Waals surface area (Å²) in [4.78, 5) is 11.3. The Morgan fingerprint density at radius 3 is 3.00 bits per heavy atom. The zero-order valence-electron chi connectivity index (χ0n) is 9.24. The van der Waals surface area contributed by atoms with Crippen molar-refractivity contribution in [3.63, 3.8) is 0 Å². The molecule has 0 aromatic heterocycles. The highest BCUT2D eigenvalue weighted by atomic mass is 35.5. The van der Waals surface area contributed by atoms with E-state index in [9.17, 15) is 4.79 Å². The summed E-state index contributed by atoms with van der Waals surface area (Å²) >= 11 is 5.79. The number of nitrogens with zero attached hydrogens (tertiary/aromatic N) is 1. The number of carbonyl (C=O) groups is 1. The van der Waals surface area contributed by atoms with Crippen molar-refractivity contribution in [1.82, 2.24) is 0 Å². The predicted molar refractivity (Wildman–Crippen MR) is 65.4 cm³/mol. The molecule has 1 rings (SSSR count). The number of nitriles is 1. The molecule has 0 aliphatic carbocycles. The topological polar surface area (TPSA) is 62.1 Å². The third-order valence-electron chi connectivity index (χ3n) is 1.82. The van der Waals surface area contributed by atoms with Crippen molar-refractivity contribution in [2.24, 2.45) is 0 Å². The molecular weight excluding hydrogens is 240 g/mol. The number of halogens is 1. The number of nitrogens with one attached hydrogen (secondary N) is 1. The standard InChI is InChI=1S/C12H11ClN2O2/c1-2-17-12(16)9(7-14)8-15-11-5-3-4-10(13)6-11/h3-6,8,15H,2H2,1H3/b9-8-. The highest BCUT2D eigenvalue weighted by Gasteiger charge is 2.08. The fourth-order valence-corrected chi connectivity index (χ4v) is 1.27. The summed E-state index contributed by atoms with van der Waals surface area (Å²) in [5.41, 5.74) is 0.598. The Hall–Kier alpha value is -1.99. The van der Waals surface area contributed by atoms with Crippen molar-refractivity contribution in [3.8, 4) is 6.07 Å². The van der Waals surface area contributed by atoms with Gasteiger partial charge in [0.2, 0.25) is 0 Å². The largest absolute Gasteiger partial charge is 0.462 e. The lowest BCUT2D eigenvalue weighted by Gasteiger charge is -2.02. The average Bonchev–Trinajstić information content (AvgIpc) is 2.30. The third-order valence-corrected chi connectivity index (χ3v) is 2.06. The Kier molecular flexibility index (Phi) is 5.05. The van der Waals surface area contributed by atoms with E-state index in [1.54, 1.807) is 37.3 Å². The molecule has 5 heteroatoms. The number of ether oxygens (including phenoxy) is 1. The summed E-state index contributed by atoms with van der Waals surface area (Å²) in [7, 11) is 0. The summed E-state index contributed by atoms with van der Waals surface area (Å²) in [5.74, 6) is -0.649. The van der Waals surface area contributed by atoms with Gasteiger partial charge in [0, 0.05) is 16.9 Å². The fraction of sp³-hybridized carbons (Fsp3) is 0.167. The number of benzene rings is 1. The van der Waals surface area contributed by atoms with Gasteiger partial charge in [0.1, 0.15) is 6.07 Å². The van der Waals surface area contributed by atoms with Gasteiger partial charge in [0.25, 0.3) is 0 Å². The lowest BCUT2D eigenvalue weighted by molar-refractivity contribution is -0.138. The monoisotopic (exact) mass is 250 g/mol. The molecule has 0 amide bonds. The predicted octanol–water partition coefficient (Wildman–Crippen LogP) is 2.72. The second-order valence-corrected chi connectivity index (χ2v) is 3.48. The minimum absolute atomic E-state index is 0.0909. The molecule has 0 saturated heterocycles. The van der Waals surface area contributed by atoms with Crippen LogP contribution in [0.5, 0.6) is 0 Å². The van der Waals surface area contributed by atoms with Crippen molar-refractivity contribution >= 4 is 23.3 Å². The molecule has 88 valence electrons. The van der Waals surface area contributed by atoms with E-state index in [4.69, 9.17) is 21.6 Å². The zero-order valence-corrected chi connectivity index (χ0v) is 9.99. The Morgan fingerprint density at radius 1 is 1.65 bits per heavy atom. The van der Waals surface area contributed by atoms with E-state index < -0.39 is 5.97 Å². The molecule has 4 nitrogen and oxygen atoms in total. The molecule has 0 bridgehead atoms. The smallest absolute Gasteiger partial charge is 0.350 e. The maximum Gasteiger partial charge on any atom is 0.350 e. The number of carbonyl (C=O) groups excluding carboxylic acids is 1. The normalized spacial score (nSPS) is 10.5. The first kappa shape index (κ1) is 13.1. The van der Waals surface area contributed by atoms with E-state index in [0.717, 1.165) is 0 Å². The van der Waals surface area contributed by atoms with Crippen LogP contribution in [0.2, 0.25) is 5.02 Å². The number of anilines is 1. The van der Waals surface area contributed by atoms with Crippen LogP contribution in [0.3, 0.4) is 0 Å². The van der Waals surface area contributed by atoms with Crippen LogP contribution in [0.15, 0.2) is 36.0 Å². The molecule has 0 fully saturated rings. The van der Waals surface area contributed by atoms with E-state index in [1.807, 2.05) is 0 Å². The highest BCUT2D eigenvalue weighted by molar-refractivity contribution is 6.30. The summed E-state index contributed by atoms with van der Waals surface area (Å²) in [5, 5.41) is 12.1. The summed E-state index contributed by atoms with van der Waals surface area (Å²) in [6.45, 7) is 1.91. The Bertz CT molecular complexity index is 478. The molecule has 0 saturated carbocycles. The Balaban J connectivity index is 2.75. The summed E-state index contributed by atoms with van der Waals surface area (Å²) in [6, 6.07) is 8.70. The maximum atomic E-state index is 11.3. The first-order valence-corrected chi connectivity index (χ1v) is 5.34. The molecule has 0 unspecified atom stereocenters. The van der Waals surface area contributed by atoms with Gasteiger partial charge in [-0.1, -0.05) is 17.7 Å². The number of esters is 1. The second kappa shape index (κ2) is 6.56. The molecular formula is C12H11ClN2O2. The molecule has 0 atom stereocenters. The first-order chi connectivity index (χ1) is 8.17. The van der Waals surface area contributed by atoms with Gasteiger partial charge < -0.3 is 10.1 Å². The first-order valence-electron chi connectivity index (χ1n) is 4.97. The maximum absolute atomic E-state index is 11.3. The van der Waals surface area contributed by atoms with Crippen LogP contribution in [-0.4, -0.2) is 12.6 Å². The van der Waals surface area contributed by atoms with Gasteiger partial charge >= 0.3 is 5.97 Å². The van der Waals surface area contributed by atoms with Gasteiger partial charge in [-0.15, -0.1) is 0 Å². The van der Waals surface area contributed by atoms with Gasteiger partial charge in [0.15, 0.2) is 5.57 Å². The summed E-state index contributed by atoms with van der Waals surface area (Å²) in [6.07, 6.45) is 1.30. The molecule has 0 heterocycles. The van der Waals surface area contributed by atoms with Crippen molar-refractivity contribution in [2.45, 2.75) is 6.92 Å². The molecule has 0 spiro atoms. The van der Waals surface area contributed by atoms with Crippen molar-refractivity contribution < 1.29 is 9.53 Å². The van der Waals surface area contributed by atoms with Gasteiger partial charge in [-0.3, -0.25) is 0 Å². The van der Waals surface area contributed by atoms with Crippen LogP contribution in [0.1, 0.15) is 6.92 Å². The molecule has 0 aliphatic heterocycles. The van der Waals surface area contributed by atoms with E-state index in [1.165, 1.54) is 6.20 Å². The zero-order chi connectivity index (χ0) is 12.7. The van der Waals surface area contributed by atoms with Crippen molar-refractivity contribution in [3.05, 3.63) is 41.1 Å². The van der Waals surface area contributed by atoms with Crippen LogP contribution in [-0.2, 0) is 9.53 Å². The SMILES string of the molecule is CCOC(=O)/C(C#N)=C\Nc1cccc(Cl)c1. The number of hydrogen-bond acceptors (Lipinski definition) is 4. The van der Waals surface area contributed by atoms with Crippen LogP contribution in [0.4, 0.5) is 5.69 Å². The molecule has 1 N–H and O–H groups in total. The lowest BCUT2D eigenvalue weighted by atomic mass is 10.3. The number of hydrogen-bond donors (Lipinski definition) is 1. The second-order valence-electron chi connectivity index (χ2n) is 3.04. The third kappa shape index (κ3) is 4.17. The fourth-order valence-electron chi connectivity index (χ4n) is 1.08. The Labute approximate surface area is 104 Å². The minimum atomic E-state index is -0.649. The van der Waals surface area contributed by atoms with Crippen molar-refractivity contribution in [2.75, 3.05) is 11.9 Å². The lowest BCUT2D eigenvalue weighted by Crippen LogP contribution is -2.07. The van der Waals surface area contributed by atoms with E-state index in [-0.39, 0.29) is 12.2 Å². The van der Waals surface area contributed by atoms with Crippen molar-refractivity contribution in [1.29, 1.82) is 5.26 Å². The molecule has 17 heavy (non-hydrogen) atoms. The van der Waals surface area contributed by atoms with Gasteiger partial charge in [-0.05, 0) is 25.1 Å². The summed E-state index contributed by atoms with van der Waals surface area (Å²) < 4.78 is 4.71. The van der Waals surface area contributed by atoms with Crippen LogP contribution in [0.25, 0.3) is 0 Å². The van der Waals surface area contributed by atoms with Crippen LogP contribution in [0, 0.1) is 11.3 Å². The van der Waals surface area contributed by atoms with E-state index >= 15 is 0 Å². The Morgan fingerprint density at radius 2 is 2.41 bits per heavy atom. The van der Waals surface area contributed by atoms with Crippen LogP contribution < -0.4 is 5.32 Å². The van der Waals surface area contributed by atoms with E-state index in [2.05, 4.69) is 5.32 Å². The minimum Gasteiger partial charge on any atom is -0.462 e. The quantitative estimate of drug-likeness (QED) is 0.507. The molecule has 0 radical (unpaired) electrons. The van der Waals surface area contributed by atoms with Gasteiger partial charge in [-0.2, -0.15) is 5.26 Å². The molecule has 0 aliphatic rings. The van der Waals surface area contributed by atoms with Crippen LogP contribution >= 0.6 is 11.6 Å². The average molecular weight is 251 g/mol. The molecule has 1 aromatic carbocycles. The molecule has 1 aromatic rings. The van der Waals surface area contributed by atoms with E-state index in [0.29, 0.717) is 10.7 Å².